The molecule has 1 fully saturated rings. The molecule has 0 aromatic heterocycles. The molecule has 1 aliphatic rings. The number of aliphatic hydroxyl groups is 1. The normalized spacial score (nSPS) is 17.0. The summed E-state index contributed by atoms with van der Waals surface area (Å²) in [5.74, 6) is 0. The molecule has 2 rings (SSSR count). The summed E-state index contributed by atoms with van der Waals surface area (Å²) in [6.45, 7) is 8.48. The van der Waals surface area contributed by atoms with Crippen LogP contribution in [0.3, 0.4) is 0 Å². The number of hydrogen-bond donors (Lipinski definition) is 2. The zero-order valence-electron chi connectivity index (χ0n) is 14.3. The van der Waals surface area contributed by atoms with Crippen LogP contribution in [0.2, 0.25) is 0 Å². The van der Waals surface area contributed by atoms with Crippen LogP contribution in [-0.2, 0) is 11.2 Å². The number of carbonyl (C=O) groups excluding carboxylic acids is 1. The summed E-state index contributed by atoms with van der Waals surface area (Å²) >= 11 is 0. The number of nitrogens with one attached hydrogen (secondary N) is 1. The van der Waals surface area contributed by atoms with E-state index < -0.39 is 11.7 Å². The van der Waals surface area contributed by atoms with Gasteiger partial charge in [0.1, 0.15) is 5.60 Å². The van der Waals surface area contributed by atoms with E-state index in [-0.39, 0.29) is 6.10 Å². The van der Waals surface area contributed by atoms with Gasteiger partial charge in [-0.05, 0) is 57.7 Å². The first-order chi connectivity index (χ1) is 10.8. The van der Waals surface area contributed by atoms with Gasteiger partial charge in [0, 0.05) is 25.3 Å². The zero-order valence-corrected chi connectivity index (χ0v) is 14.3. The number of anilines is 1. The maximum atomic E-state index is 11.7. The van der Waals surface area contributed by atoms with Gasteiger partial charge in [-0.25, -0.2) is 4.79 Å². The highest BCUT2D eigenvalue weighted by molar-refractivity contribution is 5.84. The molecule has 1 amide bonds. The fourth-order valence-electron chi connectivity index (χ4n) is 2.61. The SMILES string of the molecule is CC(C)(C)OC(=O)Nc1ccc(CCN2CCC(O)CC2)cc1. The Hall–Kier alpha value is -1.59. The fraction of sp³-hybridized carbons (Fsp3) is 0.611. The van der Waals surface area contributed by atoms with Crippen LogP contribution in [0.1, 0.15) is 39.2 Å². The largest absolute Gasteiger partial charge is 0.444 e. The molecule has 1 aromatic rings. The molecule has 2 N–H and O–H groups in total. The Kier molecular flexibility index (Phi) is 6.02. The molecule has 0 aliphatic carbocycles. The number of benzene rings is 1. The van der Waals surface area contributed by atoms with E-state index in [0.29, 0.717) is 0 Å². The first-order valence-corrected chi connectivity index (χ1v) is 8.31. The van der Waals surface area contributed by atoms with E-state index in [1.54, 1.807) is 0 Å². The van der Waals surface area contributed by atoms with Crippen molar-refractivity contribution in [1.82, 2.24) is 4.90 Å². The second-order valence-corrected chi connectivity index (χ2v) is 7.15. The lowest BCUT2D eigenvalue weighted by atomic mass is 10.1. The highest BCUT2D eigenvalue weighted by Crippen LogP contribution is 2.15. The van der Waals surface area contributed by atoms with E-state index in [1.807, 2.05) is 45.0 Å². The van der Waals surface area contributed by atoms with Crippen LogP contribution in [-0.4, -0.2) is 47.4 Å². The Morgan fingerprint density at radius 2 is 1.87 bits per heavy atom. The van der Waals surface area contributed by atoms with Gasteiger partial charge in [0.2, 0.25) is 0 Å². The second-order valence-electron chi connectivity index (χ2n) is 7.15. The van der Waals surface area contributed by atoms with Crippen molar-refractivity contribution in [2.24, 2.45) is 0 Å². The number of likely N-dealkylation sites (tertiary alicyclic amines) is 1. The van der Waals surface area contributed by atoms with Crippen molar-refractivity contribution in [3.8, 4) is 0 Å². The van der Waals surface area contributed by atoms with Crippen LogP contribution >= 0.6 is 0 Å². The first-order valence-electron chi connectivity index (χ1n) is 8.31. The summed E-state index contributed by atoms with van der Waals surface area (Å²) in [6.07, 6.45) is 2.17. The minimum Gasteiger partial charge on any atom is -0.444 e. The van der Waals surface area contributed by atoms with E-state index >= 15 is 0 Å². The van der Waals surface area contributed by atoms with E-state index in [2.05, 4.69) is 10.2 Å². The Bertz CT molecular complexity index is 500. The standard InChI is InChI=1S/C18H28N2O3/c1-18(2,3)23-17(22)19-15-6-4-14(5-7-15)8-11-20-12-9-16(21)10-13-20/h4-7,16,21H,8-13H2,1-3H3,(H,19,22). The molecule has 1 heterocycles. The number of aliphatic hydroxyl groups excluding tert-OH is 1. The van der Waals surface area contributed by atoms with Crippen LogP contribution in [0.4, 0.5) is 10.5 Å². The predicted octanol–water partition coefficient (Wildman–Crippen LogP) is 3.03. The third kappa shape index (κ3) is 6.59. The van der Waals surface area contributed by atoms with Crippen molar-refractivity contribution < 1.29 is 14.6 Å². The van der Waals surface area contributed by atoms with Crippen LogP contribution < -0.4 is 5.32 Å². The molecule has 0 saturated carbocycles. The van der Waals surface area contributed by atoms with Gasteiger partial charge in [-0.3, -0.25) is 5.32 Å². The van der Waals surface area contributed by atoms with Gasteiger partial charge in [-0.2, -0.15) is 0 Å². The number of hydrogen-bond acceptors (Lipinski definition) is 4. The molecule has 0 bridgehead atoms. The van der Waals surface area contributed by atoms with Crippen molar-refractivity contribution in [2.75, 3.05) is 25.0 Å². The summed E-state index contributed by atoms with van der Waals surface area (Å²) in [7, 11) is 0. The summed E-state index contributed by atoms with van der Waals surface area (Å²) in [5, 5.41) is 12.3. The number of amides is 1. The number of piperidine rings is 1. The Labute approximate surface area is 138 Å². The minimum absolute atomic E-state index is 0.121. The van der Waals surface area contributed by atoms with E-state index in [9.17, 15) is 9.90 Å². The molecule has 5 nitrogen and oxygen atoms in total. The average molecular weight is 320 g/mol. The van der Waals surface area contributed by atoms with Gasteiger partial charge in [0.15, 0.2) is 0 Å². The maximum absolute atomic E-state index is 11.7. The molecule has 0 spiro atoms. The number of nitrogens with zero attached hydrogens (tertiary/aromatic N) is 1. The lowest BCUT2D eigenvalue weighted by molar-refractivity contribution is 0.0636. The predicted molar refractivity (Wildman–Crippen MR) is 91.7 cm³/mol. The minimum atomic E-state index is -0.494. The highest BCUT2D eigenvalue weighted by atomic mass is 16.6. The van der Waals surface area contributed by atoms with Gasteiger partial charge in [0.05, 0.1) is 6.10 Å². The quantitative estimate of drug-likeness (QED) is 0.895. The van der Waals surface area contributed by atoms with Crippen molar-refractivity contribution in [3.05, 3.63) is 29.8 Å². The number of ether oxygens (including phenoxy) is 1. The van der Waals surface area contributed by atoms with E-state index in [1.165, 1.54) is 5.56 Å². The smallest absolute Gasteiger partial charge is 0.412 e. The van der Waals surface area contributed by atoms with Crippen molar-refractivity contribution in [1.29, 1.82) is 0 Å². The Morgan fingerprint density at radius 1 is 1.26 bits per heavy atom. The monoisotopic (exact) mass is 320 g/mol. The molecule has 5 heteroatoms. The van der Waals surface area contributed by atoms with E-state index in [4.69, 9.17) is 4.74 Å². The van der Waals surface area contributed by atoms with Crippen LogP contribution in [0.25, 0.3) is 0 Å². The van der Waals surface area contributed by atoms with Crippen LogP contribution in [0.5, 0.6) is 0 Å². The Morgan fingerprint density at radius 3 is 2.43 bits per heavy atom. The summed E-state index contributed by atoms with van der Waals surface area (Å²) in [4.78, 5) is 14.1. The Balaban J connectivity index is 1.77. The third-order valence-corrected chi connectivity index (χ3v) is 3.87. The van der Waals surface area contributed by atoms with Gasteiger partial charge >= 0.3 is 6.09 Å². The molecule has 1 aromatic carbocycles. The van der Waals surface area contributed by atoms with Gasteiger partial charge in [-0.15, -0.1) is 0 Å². The molecule has 0 atom stereocenters. The second kappa shape index (κ2) is 7.79. The van der Waals surface area contributed by atoms with Crippen molar-refractivity contribution in [2.45, 2.75) is 51.7 Å². The van der Waals surface area contributed by atoms with Gasteiger partial charge in [-0.1, -0.05) is 12.1 Å². The first kappa shape index (κ1) is 17.8. The van der Waals surface area contributed by atoms with Crippen molar-refractivity contribution >= 4 is 11.8 Å². The molecule has 23 heavy (non-hydrogen) atoms. The van der Waals surface area contributed by atoms with Crippen molar-refractivity contribution in [3.63, 3.8) is 0 Å². The maximum Gasteiger partial charge on any atom is 0.412 e. The van der Waals surface area contributed by atoms with Gasteiger partial charge < -0.3 is 14.7 Å². The average Bonchev–Trinajstić information content (AvgIpc) is 2.46. The molecule has 128 valence electrons. The third-order valence-electron chi connectivity index (χ3n) is 3.87. The summed E-state index contributed by atoms with van der Waals surface area (Å²) in [6, 6.07) is 7.87. The summed E-state index contributed by atoms with van der Waals surface area (Å²) < 4.78 is 5.23. The van der Waals surface area contributed by atoms with Crippen LogP contribution in [0, 0.1) is 0 Å². The number of carbonyl (C=O) groups is 1. The molecule has 1 saturated heterocycles. The molecular formula is C18H28N2O3. The lowest BCUT2D eigenvalue weighted by Gasteiger charge is -2.29. The number of rotatable bonds is 4. The zero-order chi connectivity index (χ0) is 16.9. The van der Waals surface area contributed by atoms with Gasteiger partial charge in [0.25, 0.3) is 0 Å². The molecule has 1 aliphatic heterocycles. The van der Waals surface area contributed by atoms with E-state index in [0.717, 1.165) is 44.6 Å². The molecule has 0 unspecified atom stereocenters. The lowest BCUT2D eigenvalue weighted by Crippen LogP contribution is -2.37. The summed E-state index contributed by atoms with van der Waals surface area (Å²) in [5.41, 5.74) is 1.49. The highest BCUT2D eigenvalue weighted by Gasteiger charge is 2.17. The fourth-order valence-corrected chi connectivity index (χ4v) is 2.61. The molecular weight excluding hydrogens is 292 g/mol. The topological polar surface area (TPSA) is 61.8 Å². The molecule has 0 radical (unpaired) electrons. The van der Waals surface area contributed by atoms with Crippen LogP contribution in [0.15, 0.2) is 24.3 Å².